The molecule has 0 unspecified atom stereocenters. The first kappa shape index (κ1) is 6.29. The highest BCUT2D eigenvalue weighted by molar-refractivity contribution is 4.94. The van der Waals surface area contributed by atoms with E-state index < -0.39 is 0 Å². The average molecular weight is 126 g/mol. The van der Waals surface area contributed by atoms with Crippen molar-refractivity contribution in [3.8, 4) is 0 Å². The molecule has 0 saturated carbocycles. The Morgan fingerprint density at radius 1 is 1.89 bits per heavy atom. The first-order valence-corrected chi connectivity index (χ1v) is 2.98. The smallest absolute Gasteiger partial charge is 0.180 e. The quantitative estimate of drug-likeness (QED) is 0.645. The Balaban J connectivity index is 2.65. The van der Waals surface area contributed by atoms with Gasteiger partial charge in [-0.25, -0.2) is 4.98 Å². The maximum atomic E-state index is 5.60. The Morgan fingerprint density at radius 3 is 3.11 bits per heavy atom. The molecular formula is C6H10N2O. The van der Waals surface area contributed by atoms with Gasteiger partial charge in [0.1, 0.15) is 5.76 Å². The average Bonchev–Trinajstić information content (AvgIpc) is 2.37. The Labute approximate surface area is 53.9 Å². The third-order valence-electron chi connectivity index (χ3n) is 1.26. The van der Waals surface area contributed by atoms with Crippen molar-refractivity contribution in [3.63, 3.8) is 0 Å². The molecule has 2 N–H and O–H groups in total. The summed E-state index contributed by atoms with van der Waals surface area (Å²) in [6.45, 7) is 2.01. The highest BCUT2D eigenvalue weighted by Gasteiger charge is 2.04. The summed E-state index contributed by atoms with van der Waals surface area (Å²) in [7, 11) is 0. The van der Waals surface area contributed by atoms with E-state index in [9.17, 15) is 0 Å². The van der Waals surface area contributed by atoms with E-state index in [4.69, 9.17) is 10.2 Å². The molecular weight excluding hydrogens is 116 g/mol. The number of oxazole rings is 1. The highest BCUT2D eigenvalue weighted by atomic mass is 16.3. The van der Waals surface area contributed by atoms with Crippen molar-refractivity contribution in [2.45, 2.75) is 19.4 Å². The minimum atomic E-state index is 0.00694. The largest absolute Gasteiger partial charge is 0.447 e. The van der Waals surface area contributed by atoms with E-state index >= 15 is 0 Å². The van der Waals surface area contributed by atoms with Crippen LogP contribution in [-0.4, -0.2) is 4.98 Å². The van der Waals surface area contributed by atoms with Gasteiger partial charge in [0.2, 0.25) is 0 Å². The van der Waals surface area contributed by atoms with E-state index in [1.54, 1.807) is 6.20 Å². The van der Waals surface area contributed by atoms with Crippen LogP contribution in [0, 0.1) is 0 Å². The zero-order chi connectivity index (χ0) is 6.69. The van der Waals surface area contributed by atoms with E-state index in [0.29, 0.717) is 0 Å². The minimum absolute atomic E-state index is 0.00694. The molecule has 0 amide bonds. The number of hydrogen-bond donors (Lipinski definition) is 1. The molecule has 1 atom stereocenters. The molecule has 0 bridgehead atoms. The Morgan fingerprint density at radius 2 is 2.67 bits per heavy atom. The summed E-state index contributed by atoms with van der Waals surface area (Å²) >= 11 is 0. The van der Waals surface area contributed by atoms with Crippen molar-refractivity contribution < 1.29 is 4.42 Å². The van der Waals surface area contributed by atoms with E-state index in [1.165, 1.54) is 6.39 Å². The van der Waals surface area contributed by atoms with E-state index in [2.05, 4.69) is 4.98 Å². The van der Waals surface area contributed by atoms with Gasteiger partial charge in [-0.2, -0.15) is 0 Å². The van der Waals surface area contributed by atoms with Gasteiger partial charge in [-0.05, 0) is 6.42 Å². The van der Waals surface area contributed by atoms with Gasteiger partial charge in [-0.15, -0.1) is 0 Å². The van der Waals surface area contributed by atoms with Crippen LogP contribution >= 0.6 is 0 Å². The molecule has 0 saturated heterocycles. The fraction of sp³-hybridized carbons (Fsp3) is 0.500. The molecule has 0 aromatic carbocycles. The Kier molecular flexibility index (Phi) is 1.85. The number of aromatic nitrogens is 1. The first-order valence-electron chi connectivity index (χ1n) is 2.98. The molecule has 3 heteroatoms. The number of nitrogens with zero attached hydrogens (tertiary/aromatic N) is 1. The van der Waals surface area contributed by atoms with Gasteiger partial charge < -0.3 is 10.2 Å². The topological polar surface area (TPSA) is 52.0 Å². The van der Waals surface area contributed by atoms with Crippen LogP contribution in [0.1, 0.15) is 25.1 Å². The Bertz CT molecular complexity index is 160. The van der Waals surface area contributed by atoms with Crippen molar-refractivity contribution in [2.24, 2.45) is 5.73 Å². The molecule has 0 aliphatic heterocycles. The molecule has 0 fully saturated rings. The molecule has 0 aliphatic rings. The lowest BCUT2D eigenvalue weighted by Gasteiger charge is -2.00. The van der Waals surface area contributed by atoms with Crippen molar-refractivity contribution in [1.29, 1.82) is 0 Å². The molecule has 50 valence electrons. The van der Waals surface area contributed by atoms with E-state index in [-0.39, 0.29) is 6.04 Å². The zero-order valence-electron chi connectivity index (χ0n) is 5.37. The van der Waals surface area contributed by atoms with Crippen LogP contribution < -0.4 is 5.73 Å². The fourth-order valence-electron chi connectivity index (χ4n) is 0.610. The van der Waals surface area contributed by atoms with Crippen LogP contribution in [0.25, 0.3) is 0 Å². The van der Waals surface area contributed by atoms with Crippen molar-refractivity contribution >= 4 is 0 Å². The van der Waals surface area contributed by atoms with Crippen LogP contribution in [0.4, 0.5) is 0 Å². The third-order valence-corrected chi connectivity index (χ3v) is 1.26. The molecule has 1 rings (SSSR count). The van der Waals surface area contributed by atoms with Gasteiger partial charge in [-0.3, -0.25) is 0 Å². The zero-order valence-corrected chi connectivity index (χ0v) is 5.37. The van der Waals surface area contributed by atoms with Gasteiger partial charge in [0.25, 0.3) is 0 Å². The molecule has 3 nitrogen and oxygen atoms in total. The van der Waals surface area contributed by atoms with Crippen LogP contribution in [0.3, 0.4) is 0 Å². The second-order valence-corrected chi connectivity index (χ2v) is 1.92. The minimum Gasteiger partial charge on any atom is -0.447 e. The number of nitrogens with two attached hydrogens (primary N) is 1. The lowest BCUT2D eigenvalue weighted by atomic mass is 10.2. The van der Waals surface area contributed by atoms with Crippen LogP contribution in [-0.2, 0) is 0 Å². The SMILES string of the molecule is CC[C@@H](N)c1cnco1. The molecule has 0 radical (unpaired) electrons. The third kappa shape index (κ3) is 1.29. The number of hydrogen-bond acceptors (Lipinski definition) is 3. The summed E-state index contributed by atoms with van der Waals surface area (Å²) in [5.41, 5.74) is 5.60. The van der Waals surface area contributed by atoms with Gasteiger partial charge in [-0.1, -0.05) is 6.92 Å². The van der Waals surface area contributed by atoms with Crippen molar-refractivity contribution in [3.05, 3.63) is 18.4 Å². The van der Waals surface area contributed by atoms with Gasteiger partial charge in [0, 0.05) is 0 Å². The molecule has 0 spiro atoms. The van der Waals surface area contributed by atoms with Crippen LogP contribution in [0.5, 0.6) is 0 Å². The van der Waals surface area contributed by atoms with Crippen molar-refractivity contribution in [2.75, 3.05) is 0 Å². The fourth-order valence-corrected chi connectivity index (χ4v) is 0.610. The Hall–Kier alpha value is -0.830. The summed E-state index contributed by atoms with van der Waals surface area (Å²) in [4.78, 5) is 3.74. The molecule has 1 aromatic rings. The van der Waals surface area contributed by atoms with Crippen molar-refractivity contribution in [1.82, 2.24) is 4.98 Å². The van der Waals surface area contributed by atoms with Gasteiger partial charge in [0.05, 0.1) is 12.2 Å². The lowest BCUT2D eigenvalue weighted by molar-refractivity contribution is 0.457. The van der Waals surface area contributed by atoms with E-state index in [0.717, 1.165) is 12.2 Å². The van der Waals surface area contributed by atoms with Gasteiger partial charge >= 0.3 is 0 Å². The molecule has 9 heavy (non-hydrogen) atoms. The molecule has 1 aromatic heterocycles. The molecule has 1 heterocycles. The summed E-state index contributed by atoms with van der Waals surface area (Å²) in [5.74, 6) is 0.762. The summed E-state index contributed by atoms with van der Waals surface area (Å²) in [6.07, 6.45) is 3.92. The maximum Gasteiger partial charge on any atom is 0.180 e. The van der Waals surface area contributed by atoms with E-state index in [1.807, 2.05) is 6.92 Å². The monoisotopic (exact) mass is 126 g/mol. The maximum absolute atomic E-state index is 5.60. The lowest BCUT2D eigenvalue weighted by Crippen LogP contribution is -2.06. The predicted molar refractivity (Wildman–Crippen MR) is 33.7 cm³/mol. The standard InChI is InChI=1S/C6H10N2O/c1-2-5(7)6-3-8-4-9-6/h3-5H,2,7H2,1H3/t5-/m1/s1. The second-order valence-electron chi connectivity index (χ2n) is 1.92. The van der Waals surface area contributed by atoms with Gasteiger partial charge in [0.15, 0.2) is 6.39 Å². The summed E-state index contributed by atoms with van der Waals surface area (Å²) in [5, 5.41) is 0. The second kappa shape index (κ2) is 2.64. The number of rotatable bonds is 2. The van der Waals surface area contributed by atoms with Crippen LogP contribution in [0.15, 0.2) is 17.0 Å². The predicted octanol–water partition coefficient (Wildman–Crippen LogP) is 1.08. The molecule has 0 aliphatic carbocycles. The summed E-state index contributed by atoms with van der Waals surface area (Å²) < 4.78 is 4.95. The highest BCUT2D eigenvalue weighted by Crippen LogP contribution is 2.10. The first-order chi connectivity index (χ1) is 4.34. The van der Waals surface area contributed by atoms with Crippen LogP contribution in [0.2, 0.25) is 0 Å². The summed E-state index contributed by atoms with van der Waals surface area (Å²) in [6, 6.07) is 0.00694. The normalized spacial score (nSPS) is 13.6.